The van der Waals surface area contributed by atoms with Gasteiger partial charge < -0.3 is 4.42 Å². The van der Waals surface area contributed by atoms with E-state index >= 15 is 0 Å². The number of para-hydroxylation sites is 1. The minimum Gasteiger partial charge on any atom is -0.454 e. The van der Waals surface area contributed by atoms with Crippen LogP contribution in [0.15, 0.2) is 39.2 Å². The molecule has 0 fully saturated rings. The SMILES string of the molecule is CCc1c(/C(C)=N\NC(=O)Cc2nc(C)cs2)oc2ccccc12. The molecule has 0 aliphatic heterocycles. The zero-order valence-corrected chi connectivity index (χ0v) is 14.7. The van der Waals surface area contributed by atoms with Gasteiger partial charge in [-0.1, -0.05) is 25.1 Å². The summed E-state index contributed by atoms with van der Waals surface area (Å²) in [5.41, 5.74) is 6.12. The predicted molar refractivity (Wildman–Crippen MR) is 96.5 cm³/mol. The molecule has 2 aromatic heterocycles. The smallest absolute Gasteiger partial charge is 0.246 e. The Kier molecular flexibility index (Phi) is 4.76. The summed E-state index contributed by atoms with van der Waals surface area (Å²) < 4.78 is 5.91. The number of amides is 1. The van der Waals surface area contributed by atoms with Gasteiger partial charge in [0.1, 0.15) is 16.3 Å². The Labute approximate surface area is 144 Å². The van der Waals surface area contributed by atoms with Crippen LogP contribution in [0.3, 0.4) is 0 Å². The van der Waals surface area contributed by atoms with Gasteiger partial charge >= 0.3 is 0 Å². The second-order valence-corrected chi connectivity index (χ2v) is 6.49. The van der Waals surface area contributed by atoms with Crippen molar-refractivity contribution in [3.63, 3.8) is 0 Å². The van der Waals surface area contributed by atoms with Crippen LogP contribution in [0.5, 0.6) is 0 Å². The maximum absolute atomic E-state index is 12.0. The largest absolute Gasteiger partial charge is 0.454 e. The van der Waals surface area contributed by atoms with Gasteiger partial charge in [0.25, 0.3) is 0 Å². The van der Waals surface area contributed by atoms with Gasteiger partial charge in [0, 0.05) is 22.0 Å². The third-order valence-corrected chi connectivity index (χ3v) is 4.67. The molecule has 0 spiro atoms. The van der Waals surface area contributed by atoms with Gasteiger partial charge in [0.05, 0.1) is 6.42 Å². The van der Waals surface area contributed by atoms with E-state index in [9.17, 15) is 4.79 Å². The fraction of sp³-hybridized carbons (Fsp3) is 0.278. The van der Waals surface area contributed by atoms with Gasteiger partial charge in [-0.25, -0.2) is 10.4 Å². The zero-order valence-electron chi connectivity index (χ0n) is 13.9. The van der Waals surface area contributed by atoms with Crippen molar-refractivity contribution in [3.05, 3.63) is 51.7 Å². The number of hydrogen-bond acceptors (Lipinski definition) is 5. The van der Waals surface area contributed by atoms with Crippen LogP contribution in [0.1, 0.15) is 35.9 Å². The normalized spacial score (nSPS) is 11.9. The first-order valence-electron chi connectivity index (χ1n) is 7.83. The summed E-state index contributed by atoms with van der Waals surface area (Å²) in [6, 6.07) is 7.91. The number of aromatic nitrogens is 1. The fourth-order valence-corrected chi connectivity index (χ4v) is 3.37. The third kappa shape index (κ3) is 3.38. The van der Waals surface area contributed by atoms with E-state index in [1.54, 1.807) is 0 Å². The molecule has 0 atom stereocenters. The molecule has 0 bridgehead atoms. The summed E-state index contributed by atoms with van der Waals surface area (Å²) in [5, 5.41) is 8.01. The molecule has 1 aromatic carbocycles. The van der Waals surface area contributed by atoms with Crippen molar-refractivity contribution in [2.75, 3.05) is 0 Å². The van der Waals surface area contributed by atoms with Crippen molar-refractivity contribution >= 4 is 33.9 Å². The summed E-state index contributed by atoms with van der Waals surface area (Å²) in [6.45, 7) is 5.83. The second kappa shape index (κ2) is 6.97. The second-order valence-electron chi connectivity index (χ2n) is 5.55. The van der Waals surface area contributed by atoms with E-state index in [4.69, 9.17) is 4.42 Å². The Morgan fingerprint density at radius 2 is 2.17 bits per heavy atom. The molecule has 124 valence electrons. The average Bonchev–Trinajstić information content (AvgIpc) is 3.15. The molecule has 0 saturated heterocycles. The molecule has 3 aromatic rings. The number of carbonyl (C=O) groups excluding carboxylic acids is 1. The van der Waals surface area contributed by atoms with Crippen molar-refractivity contribution in [2.24, 2.45) is 5.10 Å². The maximum atomic E-state index is 12.0. The van der Waals surface area contributed by atoms with Gasteiger partial charge in [0.2, 0.25) is 5.91 Å². The number of hydrazone groups is 1. The topological polar surface area (TPSA) is 67.5 Å². The summed E-state index contributed by atoms with van der Waals surface area (Å²) in [4.78, 5) is 16.3. The van der Waals surface area contributed by atoms with E-state index in [1.165, 1.54) is 11.3 Å². The van der Waals surface area contributed by atoms with Crippen LogP contribution in [0, 0.1) is 6.92 Å². The number of rotatable bonds is 5. The van der Waals surface area contributed by atoms with Crippen molar-refractivity contribution in [1.82, 2.24) is 10.4 Å². The number of thiazole rings is 1. The van der Waals surface area contributed by atoms with E-state index < -0.39 is 0 Å². The standard InChI is InChI=1S/C18H19N3O2S/c1-4-13-14-7-5-6-8-15(14)23-18(13)12(3)20-21-16(22)9-17-19-11(2)10-24-17/h5-8,10H,4,9H2,1-3H3,(H,21,22)/b20-12-. The summed E-state index contributed by atoms with van der Waals surface area (Å²) in [6.07, 6.45) is 1.07. The van der Waals surface area contributed by atoms with Gasteiger partial charge in [0.15, 0.2) is 5.76 Å². The van der Waals surface area contributed by atoms with Crippen molar-refractivity contribution < 1.29 is 9.21 Å². The minimum absolute atomic E-state index is 0.183. The van der Waals surface area contributed by atoms with E-state index in [2.05, 4.69) is 22.4 Å². The molecule has 0 aliphatic carbocycles. The number of aryl methyl sites for hydroxylation is 2. The highest BCUT2D eigenvalue weighted by Gasteiger charge is 2.15. The summed E-state index contributed by atoms with van der Waals surface area (Å²) in [5.74, 6) is 0.543. The molecule has 1 N–H and O–H groups in total. The molecule has 6 heteroatoms. The molecule has 0 aliphatic rings. The van der Waals surface area contributed by atoms with Crippen LogP contribution in [-0.4, -0.2) is 16.6 Å². The van der Waals surface area contributed by atoms with Crippen molar-refractivity contribution in [2.45, 2.75) is 33.6 Å². The third-order valence-electron chi connectivity index (χ3n) is 3.71. The Morgan fingerprint density at radius 1 is 1.38 bits per heavy atom. The van der Waals surface area contributed by atoms with Crippen LogP contribution in [0.4, 0.5) is 0 Å². The van der Waals surface area contributed by atoms with E-state index in [1.807, 2.05) is 43.5 Å². The highest BCUT2D eigenvalue weighted by Crippen LogP contribution is 2.26. The number of benzene rings is 1. The molecule has 24 heavy (non-hydrogen) atoms. The van der Waals surface area contributed by atoms with Crippen molar-refractivity contribution in [1.29, 1.82) is 0 Å². The molecular formula is C18H19N3O2S. The molecule has 1 amide bonds. The Hall–Kier alpha value is -2.47. The summed E-state index contributed by atoms with van der Waals surface area (Å²) >= 11 is 1.48. The number of nitrogens with zero attached hydrogens (tertiary/aromatic N) is 2. The first-order chi connectivity index (χ1) is 11.6. The lowest BCUT2D eigenvalue weighted by atomic mass is 10.1. The van der Waals surface area contributed by atoms with E-state index in [0.29, 0.717) is 5.71 Å². The number of nitrogens with one attached hydrogen (secondary N) is 1. The minimum atomic E-state index is -0.183. The molecule has 0 unspecified atom stereocenters. The zero-order chi connectivity index (χ0) is 17.1. The Balaban J connectivity index is 1.77. The van der Waals surface area contributed by atoms with E-state index in [0.717, 1.165) is 39.4 Å². The highest BCUT2D eigenvalue weighted by molar-refractivity contribution is 7.09. The van der Waals surface area contributed by atoms with Crippen LogP contribution in [0.2, 0.25) is 0 Å². The first kappa shape index (κ1) is 16.4. The fourth-order valence-electron chi connectivity index (χ4n) is 2.60. The number of hydrogen-bond donors (Lipinski definition) is 1. The van der Waals surface area contributed by atoms with Gasteiger partial charge in [-0.15, -0.1) is 11.3 Å². The van der Waals surface area contributed by atoms with Crippen LogP contribution in [-0.2, 0) is 17.6 Å². The van der Waals surface area contributed by atoms with Gasteiger partial charge in [-0.05, 0) is 26.3 Å². The van der Waals surface area contributed by atoms with Crippen LogP contribution >= 0.6 is 11.3 Å². The van der Waals surface area contributed by atoms with E-state index in [-0.39, 0.29) is 12.3 Å². The lowest BCUT2D eigenvalue weighted by molar-refractivity contribution is -0.120. The molecule has 2 heterocycles. The summed E-state index contributed by atoms with van der Waals surface area (Å²) in [7, 11) is 0. The first-order valence-corrected chi connectivity index (χ1v) is 8.71. The quantitative estimate of drug-likeness (QED) is 0.566. The number of carbonyl (C=O) groups is 1. The number of furan rings is 1. The highest BCUT2D eigenvalue weighted by atomic mass is 32.1. The molecule has 0 saturated carbocycles. The lowest BCUT2D eigenvalue weighted by Crippen LogP contribution is -2.21. The monoisotopic (exact) mass is 341 g/mol. The van der Waals surface area contributed by atoms with Gasteiger partial charge in [-0.2, -0.15) is 5.10 Å². The van der Waals surface area contributed by atoms with Crippen LogP contribution in [0.25, 0.3) is 11.0 Å². The molecule has 5 nitrogen and oxygen atoms in total. The molecule has 3 rings (SSSR count). The molecule has 0 radical (unpaired) electrons. The number of fused-ring (bicyclic) bond motifs is 1. The predicted octanol–water partition coefficient (Wildman–Crippen LogP) is 3.84. The lowest BCUT2D eigenvalue weighted by Gasteiger charge is -2.01. The maximum Gasteiger partial charge on any atom is 0.246 e. The van der Waals surface area contributed by atoms with Crippen LogP contribution < -0.4 is 5.43 Å². The van der Waals surface area contributed by atoms with Crippen molar-refractivity contribution in [3.8, 4) is 0 Å². The molecular weight excluding hydrogens is 322 g/mol. The Morgan fingerprint density at radius 3 is 2.88 bits per heavy atom. The Bertz CT molecular complexity index is 908. The van der Waals surface area contributed by atoms with Gasteiger partial charge in [-0.3, -0.25) is 4.79 Å². The average molecular weight is 341 g/mol.